The van der Waals surface area contributed by atoms with Crippen LogP contribution >= 0.6 is 15.9 Å². The van der Waals surface area contributed by atoms with Gasteiger partial charge >= 0.3 is 0 Å². The van der Waals surface area contributed by atoms with E-state index >= 15 is 0 Å². The second kappa shape index (κ2) is 7.96. The van der Waals surface area contributed by atoms with Crippen molar-refractivity contribution in [3.05, 3.63) is 64.3 Å². The first kappa shape index (κ1) is 19.2. The molecular weight excluding hydrogens is 406 g/mol. The molecule has 0 aliphatic heterocycles. The van der Waals surface area contributed by atoms with Crippen molar-refractivity contribution in [1.29, 1.82) is 0 Å². The van der Waals surface area contributed by atoms with Gasteiger partial charge in [0.05, 0.1) is 4.47 Å². The molecule has 2 amide bonds. The summed E-state index contributed by atoms with van der Waals surface area (Å²) in [6.07, 6.45) is 0. The van der Waals surface area contributed by atoms with Crippen LogP contribution in [0.2, 0.25) is 0 Å². The molecule has 3 aromatic rings. The van der Waals surface area contributed by atoms with Crippen molar-refractivity contribution in [2.45, 2.75) is 20.4 Å². The van der Waals surface area contributed by atoms with Gasteiger partial charge in [-0.3, -0.25) is 9.59 Å². The fourth-order valence-electron chi connectivity index (χ4n) is 3.21. The Labute approximate surface area is 167 Å². The van der Waals surface area contributed by atoms with E-state index in [0.29, 0.717) is 24.5 Å². The normalized spacial score (nSPS) is 10.8. The van der Waals surface area contributed by atoms with Crippen molar-refractivity contribution in [3.8, 4) is 0 Å². The summed E-state index contributed by atoms with van der Waals surface area (Å²) in [5.74, 6) is -0.186. The van der Waals surface area contributed by atoms with Crippen molar-refractivity contribution in [1.82, 2.24) is 9.47 Å². The van der Waals surface area contributed by atoms with Gasteiger partial charge in [0.25, 0.3) is 5.91 Å². The van der Waals surface area contributed by atoms with Gasteiger partial charge in [0.15, 0.2) is 0 Å². The Morgan fingerprint density at radius 1 is 1.11 bits per heavy atom. The highest BCUT2D eigenvalue weighted by molar-refractivity contribution is 9.10. The number of aromatic nitrogens is 1. The monoisotopic (exact) mass is 427 g/mol. The molecule has 27 heavy (non-hydrogen) atoms. The largest absolute Gasteiger partial charge is 0.339 e. The zero-order valence-corrected chi connectivity index (χ0v) is 17.2. The van der Waals surface area contributed by atoms with Crippen LogP contribution < -0.4 is 5.32 Å². The van der Waals surface area contributed by atoms with E-state index in [1.54, 1.807) is 11.8 Å². The molecule has 2 aromatic carbocycles. The molecule has 6 heteroatoms. The molecule has 0 fully saturated rings. The van der Waals surface area contributed by atoms with Crippen molar-refractivity contribution in [2.75, 3.05) is 11.9 Å². The number of rotatable bonds is 5. The lowest BCUT2D eigenvalue weighted by Crippen LogP contribution is -2.28. The number of fused-ring (bicyclic) bond motifs is 1. The van der Waals surface area contributed by atoms with E-state index in [1.807, 2.05) is 67.1 Å². The minimum absolute atomic E-state index is 0.00931. The number of para-hydroxylation sites is 2. The van der Waals surface area contributed by atoms with Gasteiger partial charge in [0, 0.05) is 43.7 Å². The number of carbonyl (C=O) groups is 2. The van der Waals surface area contributed by atoms with E-state index < -0.39 is 0 Å². The summed E-state index contributed by atoms with van der Waals surface area (Å²) in [6.45, 7) is 4.57. The zero-order valence-electron chi connectivity index (χ0n) is 15.6. The van der Waals surface area contributed by atoms with Gasteiger partial charge in [-0.1, -0.05) is 36.4 Å². The number of halogens is 1. The average Bonchev–Trinajstić information content (AvgIpc) is 2.91. The molecular formula is C21H22BrN3O2. The predicted molar refractivity (Wildman–Crippen MR) is 112 cm³/mol. The SMILES string of the molecule is CCN(Cc1ccccc1NC(=O)c1c(Br)c2ccccc2n1C)C(C)=O. The van der Waals surface area contributed by atoms with Gasteiger partial charge in [0.2, 0.25) is 5.91 Å². The van der Waals surface area contributed by atoms with Gasteiger partial charge in [-0.2, -0.15) is 0 Å². The predicted octanol–water partition coefficient (Wildman–Crippen LogP) is 4.56. The van der Waals surface area contributed by atoms with Gasteiger partial charge in [-0.25, -0.2) is 0 Å². The number of nitrogens with one attached hydrogen (secondary N) is 1. The first-order valence-corrected chi connectivity index (χ1v) is 9.61. The maximum Gasteiger partial charge on any atom is 0.273 e. The quantitative estimate of drug-likeness (QED) is 0.648. The van der Waals surface area contributed by atoms with Crippen LogP contribution in [0.4, 0.5) is 5.69 Å². The van der Waals surface area contributed by atoms with E-state index in [1.165, 1.54) is 0 Å². The minimum Gasteiger partial charge on any atom is -0.339 e. The fraction of sp³-hybridized carbons (Fsp3) is 0.238. The molecule has 0 saturated carbocycles. The number of amides is 2. The molecule has 140 valence electrons. The molecule has 0 aliphatic rings. The second-order valence-corrected chi connectivity index (χ2v) is 7.18. The van der Waals surface area contributed by atoms with Crippen molar-refractivity contribution >= 4 is 44.3 Å². The van der Waals surface area contributed by atoms with Crippen LogP contribution in [-0.2, 0) is 18.4 Å². The molecule has 5 nitrogen and oxygen atoms in total. The van der Waals surface area contributed by atoms with E-state index in [4.69, 9.17) is 0 Å². The number of hydrogen-bond donors (Lipinski definition) is 1. The van der Waals surface area contributed by atoms with E-state index in [2.05, 4.69) is 21.2 Å². The van der Waals surface area contributed by atoms with Gasteiger partial charge in [0.1, 0.15) is 5.69 Å². The molecule has 0 aliphatic carbocycles. The molecule has 1 heterocycles. The standard InChI is InChI=1S/C21H22BrN3O2/c1-4-25(14(2)26)13-15-9-5-7-11-17(15)23-21(27)20-19(22)16-10-6-8-12-18(16)24(20)3/h5-12H,4,13H2,1-3H3,(H,23,27). The molecule has 1 N–H and O–H groups in total. The number of anilines is 1. The van der Waals surface area contributed by atoms with Crippen LogP contribution in [0, 0.1) is 0 Å². The second-order valence-electron chi connectivity index (χ2n) is 6.38. The summed E-state index contributed by atoms with van der Waals surface area (Å²) >= 11 is 3.57. The lowest BCUT2D eigenvalue weighted by molar-refractivity contribution is -0.129. The Balaban J connectivity index is 1.93. The minimum atomic E-state index is -0.195. The molecule has 1 aromatic heterocycles. The number of benzene rings is 2. The Morgan fingerprint density at radius 3 is 2.44 bits per heavy atom. The summed E-state index contributed by atoms with van der Waals surface area (Å²) in [5, 5.41) is 4.00. The molecule has 0 saturated heterocycles. The summed E-state index contributed by atoms with van der Waals surface area (Å²) in [6, 6.07) is 15.4. The van der Waals surface area contributed by atoms with Gasteiger partial charge < -0.3 is 14.8 Å². The van der Waals surface area contributed by atoms with Crippen LogP contribution in [0.5, 0.6) is 0 Å². The number of hydrogen-bond acceptors (Lipinski definition) is 2. The van der Waals surface area contributed by atoms with Crippen LogP contribution in [0.25, 0.3) is 10.9 Å². The summed E-state index contributed by atoms with van der Waals surface area (Å²) < 4.78 is 2.65. The van der Waals surface area contributed by atoms with E-state index in [9.17, 15) is 9.59 Å². The average molecular weight is 428 g/mol. The highest BCUT2D eigenvalue weighted by atomic mass is 79.9. The topological polar surface area (TPSA) is 54.3 Å². The van der Waals surface area contributed by atoms with Crippen LogP contribution in [0.3, 0.4) is 0 Å². The zero-order chi connectivity index (χ0) is 19.6. The number of aryl methyl sites for hydroxylation is 1. The maximum atomic E-state index is 13.0. The summed E-state index contributed by atoms with van der Waals surface area (Å²) in [5.41, 5.74) is 3.15. The van der Waals surface area contributed by atoms with Crippen molar-refractivity contribution in [2.24, 2.45) is 7.05 Å². The van der Waals surface area contributed by atoms with Crippen molar-refractivity contribution in [3.63, 3.8) is 0 Å². The molecule has 3 rings (SSSR count). The Bertz CT molecular complexity index is 971. The van der Waals surface area contributed by atoms with Crippen LogP contribution in [-0.4, -0.2) is 27.8 Å². The van der Waals surface area contributed by atoms with Gasteiger partial charge in [-0.15, -0.1) is 0 Å². The highest BCUT2D eigenvalue weighted by Crippen LogP contribution is 2.31. The lowest BCUT2D eigenvalue weighted by atomic mass is 10.1. The Morgan fingerprint density at radius 2 is 1.78 bits per heavy atom. The third-order valence-electron chi connectivity index (χ3n) is 4.71. The molecule has 0 radical (unpaired) electrons. The number of carbonyl (C=O) groups excluding carboxylic acids is 2. The van der Waals surface area contributed by atoms with Crippen LogP contribution in [0.15, 0.2) is 53.0 Å². The highest BCUT2D eigenvalue weighted by Gasteiger charge is 2.20. The number of nitrogens with zero attached hydrogens (tertiary/aromatic N) is 2. The van der Waals surface area contributed by atoms with Crippen molar-refractivity contribution < 1.29 is 9.59 Å². The molecule has 0 atom stereocenters. The molecule has 0 bridgehead atoms. The molecule has 0 spiro atoms. The fourth-order valence-corrected chi connectivity index (χ4v) is 3.99. The smallest absolute Gasteiger partial charge is 0.273 e. The Hall–Kier alpha value is -2.60. The van der Waals surface area contributed by atoms with E-state index in [0.717, 1.165) is 20.9 Å². The summed E-state index contributed by atoms with van der Waals surface area (Å²) in [4.78, 5) is 26.5. The third-order valence-corrected chi connectivity index (χ3v) is 5.52. The molecule has 0 unspecified atom stereocenters. The maximum absolute atomic E-state index is 13.0. The Kier molecular flexibility index (Phi) is 5.65. The van der Waals surface area contributed by atoms with E-state index in [-0.39, 0.29) is 11.8 Å². The van der Waals surface area contributed by atoms with Gasteiger partial charge in [-0.05, 0) is 40.5 Å². The third kappa shape index (κ3) is 3.76. The first-order valence-electron chi connectivity index (χ1n) is 8.81. The summed E-state index contributed by atoms with van der Waals surface area (Å²) in [7, 11) is 1.88. The van der Waals surface area contributed by atoms with Crippen LogP contribution in [0.1, 0.15) is 29.9 Å². The lowest BCUT2D eigenvalue weighted by Gasteiger charge is -2.21. The first-order chi connectivity index (χ1) is 12.9.